The van der Waals surface area contributed by atoms with Crippen LogP contribution in [-0.4, -0.2) is 71.3 Å². The molecular weight excluding hydrogens is 424 g/mol. The Hall–Kier alpha value is -2.32. The minimum atomic E-state index is 0.399. The van der Waals surface area contributed by atoms with Gasteiger partial charge in [-0.25, -0.2) is 19.9 Å². The van der Waals surface area contributed by atoms with Crippen molar-refractivity contribution in [3.63, 3.8) is 0 Å². The Labute approximate surface area is 203 Å². The fourth-order valence-corrected chi connectivity index (χ4v) is 6.78. The number of aromatic nitrogens is 4. The summed E-state index contributed by atoms with van der Waals surface area (Å²) in [6, 6.07) is 5.21. The zero-order chi connectivity index (χ0) is 23.2. The maximum Gasteiger partial charge on any atom is 0.225 e. The van der Waals surface area contributed by atoms with Crippen LogP contribution in [0.4, 0.5) is 11.9 Å². The average molecular weight is 463 g/mol. The maximum absolute atomic E-state index is 5.08. The quantitative estimate of drug-likeness (QED) is 0.677. The lowest BCUT2D eigenvalue weighted by molar-refractivity contribution is 0.370. The van der Waals surface area contributed by atoms with E-state index in [9.17, 15) is 0 Å². The average Bonchev–Trinajstić information content (AvgIpc) is 3.62. The SMILES string of the molecule is CC(C)c1ccnc(N2CC(CC(C)c3ccnc(N4CC[C@@H]5CNC[C@H]54)n3)[C@@H]3CNC[C@@H]32)n1. The van der Waals surface area contributed by atoms with Gasteiger partial charge in [0.15, 0.2) is 0 Å². The summed E-state index contributed by atoms with van der Waals surface area (Å²) in [7, 11) is 0. The molecule has 0 amide bonds. The lowest BCUT2D eigenvalue weighted by Crippen LogP contribution is -2.35. The molecule has 0 aromatic carbocycles. The third-order valence-electron chi connectivity index (χ3n) is 8.71. The first-order valence-corrected chi connectivity index (χ1v) is 13.2. The molecule has 0 saturated carbocycles. The second kappa shape index (κ2) is 9.04. The molecule has 182 valence electrons. The van der Waals surface area contributed by atoms with E-state index in [4.69, 9.17) is 9.97 Å². The smallest absolute Gasteiger partial charge is 0.225 e. The van der Waals surface area contributed by atoms with Crippen molar-refractivity contribution in [2.75, 3.05) is 49.1 Å². The van der Waals surface area contributed by atoms with Gasteiger partial charge in [0.05, 0.1) is 0 Å². The summed E-state index contributed by atoms with van der Waals surface area (Å²) >= 11 is 0. The summed E-state index contributed by atoms with van der Waals surface area (Å²) in [5.74, 6) is 4.63. The van der Waals surface area contributed by atoms with Crippen LogP contribution in [-0.2, 0) is 0 Å². The van der Waals surface area contributed by atoms with E-state index in [2.05, 4.69) is 57.2 Å². The number of anilines is 2. The lowest BCUT2D eigenvalue weighted by atomic mass is 9.85. The van der Waals surface area contributed by atoms with E-state index in [1.165, 1.54) is 12.1 Å². The Morgan fingerprint density at radius 1 is 0.882 bits per heavy atom. The molecule has 4 saturated heterocycles. The molecular formula is C26H38N8. The van der Waals surface area contributed by atoms with Crippen molar-refractivity contribution < 1.29 is 0 Å². The molecule has 2 unspecified atom stereocenters. The topological polar surface area (TPSA) is 82.1 Å². The van der Waals surface area contributed by atoms with Crippen LogP contribution in [0.25, 0.3) is 0 Å². The van der Waals surface area contributed by atoms with Crippen LogP contribution in [0.3, 0.4) is 0 Å². The highest BCUT2D eigenvalue weighted by molar-refractivity contribution is 5.38. The Kier molecular flexibility index (Phi) is 5.89. The highest BCUT2D eigenvalue weighted by Gasteiger charge is 2.46. The van der Waals surface area contributed by atoms with Crippen LogP contribution < -0.4 is 20.4 Å². The number of rotatable bonds is 6. The Morgan fingerprint density at radius 2 is 1.59 bits per heavy atom. The Bertz CT molecular complexity index is 1010. The molecule has 34 heavy (non-hydrogen) atoms. The predicted molar refractivity (Wildman–Crippen MR) is 134 cm³/mol. The summed E-state index contributed by atoms with van der Waals surface area (Å²) in [5, 5.41) is 7.18. The Balaban J connectivity index is 1.18. The molecule has 6 heterocycles. The van der Waals surface area contributed by atoms with Crippen molar-refractivity contribution in [3.8, 4) is 0 Å². The molecule has 0 bridgehead atoms. The van der Waals surface area contributed by atoms with Gasteiger partial charge in [0, 0.05) is 75.1 Å². The number of hydrogen-bond donors (Lipinski definition) is 2. The molecule has 4 fully saturated rings. The summed E-state index contributed by atoms with van der Waals surface area (Å²) in [5.41, 5.74) is 2.30. The largest absolute Gasteiger partial charge is 0.336 e. The van der Waals surface area contributed by atoms with Gasteiger partial charge in [0.1, 0.15) is 0 Å². The molecule has 0 aliphatic carbocycles. The van der Waals surface area contributed by atoms with E-state index >= 15 is 0 Å². The van der Waals surface area contributed by atoms with Crippen LogP contribution in [0.5, 0.6) is 0 Å². The van der Waals surface area contributed by atoms with E-state index in [-0.39, 0.29) is 0 Å². The molecule has 4 aliphatic rings. The second-order valence-corrected chi connectivity index (χ2v) is 11.1. The van der Waals surface area contributed by atoms with Crippen molar-refractivity contribution in [1.29, 1.82) is 0 Å². The molecule has 8 nitrogen and oxygen atoms in total. The van der Waals surface area contributed by atoms with Gasteiger partial charge < -0.3 is 20.4 Å². The highest BCUT2D eigenvalue weighted by Crippen LogP contribution is 2.40. The third kappa shape index (κ3) is 3.94. The van der Waals surface area contributed by atoms with Gasteiger partial charge in [0.25, 0.3) is 0 Å². The molecule has 0 spiro atoms. The second-order valence-electron chi connectivity index (χ2n) is 11.1. The normalized spacial score (nSPS) is 31.4. The monoisotopic (exact) mass is 462 g/mol. The maximum atomic E-state index is 5.08. The van der Waals surface area contributed by atoms with Gasteiger partial charge in [-0.3, -0.25) is 0 Å². The summed E-state index contributed by atoms with van der Waals surface area (Å²) in [4.78, 5) is 24.3. The van der Waals surface area contributed by atoms with E-state index in [1.807, 2.05) is 18.5 Å². The Morgan fingerprint density at radius 3 is 2.41 bits per heavy atom. The van der Waals surface area contributed by atoms with Gasteiger partial charge >= 0.3 is 0 Å². The van der Waals surface area contributed by atoms with Gasteiger partial charge in [-0.15, -0.1) is 0 Å². The number of hydrogen-bond acceptors (Lipinski definition) is 8. The van der Waals surface area contributed by atoms with Crippen LogP contribution in [0.15, 0.2) is 24.5 Å². The van der Waals surface area contributed by atoms with Crippen molar-refractivity contribution in [3.05, 3.63) is 35.9 Å². The van der Waals surface area contributed by atoms with Gasteiger partial charge in [-0.2, -0.15) is 0 Å². The zero-order valence-corrected chi connectivity index (χ0v) is 20.7. The molecule has 2 aromatic heterocycles. The molecule has 8 heteroatoms. The van der Waals surface area contributed by atoms with Gasteiger partial charge in [0.2, 0.25) is 11.9 Å². The van der Waals surface area contributed by atoms with E-state index in [0.29, 0.717) is 35.8 Å². The molecule has 6 rings (SSSR count). The minimum absolute atomic E-state index is 0.399. The first-order valence-electron chi connectivity index (χ1n) is 13.2. The fourth-order valence-electron chi connectivity index (χ4n) is 6.78. The molecule has 2 N–H and O–H groups in total. The molecule has 4 aliphatic heterocycles. The van der Waals surface area contributed by atoms with Crippen LogP contribution >= 0.6 is 0 Å². The fraction of sp³-hybridized carbons (Fsp3) is 0.692. The van der Waals surface area contributed by atoms with Crippen molar-refractivity contribution in [2.24, 2.45) is 17.8 Å². The molecule has 6 atom stereocenters. The minimum Gasteiger partial charge on any atom is -0.336 e. The number of nitrogens with zero attached hydrogens (tertiary/aromatic N) is 6. The van der Waals surface area contributed by atoms with Gasteiger partial charge in [-0.1, -0.05) is 20.8 Å². The van der Waals surface area contributed by atoms with Crippen molar-refractivity contribution >= 4 is 11.9 Å². The van der Waals surface area contributed by atoms with Crippen LogP contribution in [0, 0.1) is 17.8 Å². The summed E-state index contributed by atoms with van der Waals surface area (Å²) in [6.07, 6.45) is 6.27. The first kappa shape index (κ1) is 22.2. The third-order valence-corrected chi connectivity index (χ3v) is 8.71. The summed E-state index contributed by atoms with van der Waals surface area (Å²) in [6.45, 7) is 13.1. The zero-order valence-electron chi connectivity index (χ0n) is 20.7. The van der Waals surface area contributed by atoms with E-state index < -0.39 is 0 Å². The van der Waals surface area contributed by atoms with E-state index in [1.54, 1.807) is 0 Å². The van der Waals surface area contributed by atoms with Crippen molar-refractivity contribution in [2.45, 2.75) is 57.5 Å². The summed E-state index contributed by atoms with van der Waals surface area (Å²) < 4.78 is 0. The van der Waals surface area contributed by atoms with Crippen LogP contribution in [0.2, 0.25) is 0 Å². The first-order chi connectivity index (χ1) is 16.6. The standard InChI is InChI=1S/C26H38N8/c1-16(2)21-4-7-30-26(31-21)34-15-19(20-12-28-14-24(20)34)10-17(3)22-5-8-29-25(32-22)33-9-6-18-11-27-13-23(18)33/h4-5,7-8,16-20,23-24,27-28H,6,9-15H2,1-3H3/t17?,18-,19?,20+,23-,24+/m1/s1. The van der Waals surface area contributed by atoms with E-state index in [0.717, 1.165) is 69.2 Å². The van der Waals surface area contributed by atoms with Gasteiger partial charge in [-0.05, 0) is 54.6 Å². The highest BCUT2D eigenvalue weighted by atomic mass is 15.3. The van der Waals surface area contributed by atoms with Crippen LogP contribution in [0.1, 0.15) is 56.8 Å². The molecule has 0 radical (unpaired) electrons. The van der Waals surface area contributed by atoms with Crippen molar-refractivity contribution in [1.82, 2.24) is 30.6 Å². The number of nitrogens with one attached hydrogen (secondary N) is 2. The predicted octanol–water partition coefficient (Wildman–Crippen LogP) is 2.41. The lowest BCUT2D eigenvalue weighted by Gasteiger charge is -2.25. The molecule has 2 aromatic rings. The number of fused-ring (bicyclic) bond motifs is 2.